The predicted octanol–water partition coefficient (Wildman–Crippen LogP) is 4.55. The molecule has 0 aliphatic carbocycles. The van der Waals surface area contributed by atoms with Gasteiger partial charge in [-0.2, -0.15) is 0 Å². The Kier molecular flexibility index (Phi) is 6.80. The fourth-order valence-electron chi connectivity index (χ4n) is 3.14. The van der Waals surface area contributed by atoms with Crippen molar-refractivity contribution in [3.05, 3.63) is 69.6 Å². The fourth-order valence-corrected chi connectivity index (χ4v) is 5.42. The molecule has 31 heavy (non-hydrogen) atoms. The van der Waals surface area contributed by atoms with E-state index in [0.29, 0.717) is 22.2 Å². The lowest BCUT2D eigenvalue weighted by molar-refractivity contribution is -0.123. The summed E-state index contributed by atoms with van der Waals surface area (Å²) in [7, 11) is 0. The molecule has 2 heterocycles. The van der Waals surface area contributed by atoms with Gasteiger partial charge in [0.05, 0.1) is 20.1 Å². The van der Waals surface area contributed by atoms with Gasteiger partial charge in [-0.1, -0.05) is 65.9 Å². The molecular formula is C23H21N3O2S3. The number of thiazole rings is 1. The van der Waals surface area contributed by atoms with E-state index in [4.69, 9.17) is 12.2 Å². The largest absolute Gasteiger partial charge is 0.356 e. The smallest absolute Gasteiger partial charge is 0.266 e. The predicted molar refractivity (Wildman–Crippen MR) is 132 cm³/mol. The Bertz CT molecular complexity index is 1140. The average molecular weight is 468 g/mol. The molecule has 4 rings (SSSR count). The molecule has 2 amide bonds. The third-order valence-electron chi connectivity index (χ3n) is 4.81. The second-order valence-corrected chi connectivity index (χ2v) is 9.96. The highest BCUT2D eigenvalue weighted by atomic mass is 32.2. The maximum absolute atomic E-state index is 12.7. The maximum atomic E-state index is 12.7. The highest BCUT2D eigenvalue weighted by Gasteiger charge is 2.32. The van der Waals surface area contributed by atoms with Crippen molar-refractivity contribution in [1.82, 2.24) is 15.2 Å². The number of amides is 2. The van der Waals surface area contributed by atoms with Crippen LogP contribution < -0.4 is 5.32 Å². The standard InChI is InChI=1S/C23H21N3O2S3/c1-15-6-8-16(9-7-15)14-19-22(28)26(23(29)31-19)13-11-20(27)24-12-10-21-25-17-4-2-3-5-18(17)30-21/h2-9,14H,10-13H2,1H3,(H,24,27)/b19-14-. The van der Waals surface area contributed by atoms with Crippen molar-refractivity contribution in [1.29, 1.82) is 0 Å². The Balaban J connectivity index is 1.26. The average Bonchev–Trinajstić information content (AvgIpc) is 3.28. The number of aryl methyl sites for hydroxylation is 1. The number of hydrogen-bond donors (Lipinski definition) is 1. The molecule has 1 aliphatic rings. The fraction of sp³-hybridized carbons (Fsp3) is 0.217. The summed E-state index contributed by atoms with van der Waals surface area (Å²) in [4.78, 5) is 31.6. The minimum Gasteiger partial charge on any atom is -0.356 e. The molecule has 1 aliphatic heterocycles. The molecule has 3 aromatic rings. The number of rotatable bonds is 7. The zero-order valence-electron chi connectivity index (χ0n) is 17.0. The summed E-state index contributed by atoms with van der Waals surface area (Å²) in [6.45, 7) is 2.82. The first kappa shape index (κ1) is 21.7. The van der Waals surface area contributed by atoms with Crippen LogP contribution in [0.1, 0.15) is 22.6 Å². The van der Waals surface area contributed by atoms with Crippen molar-refractivity contribution in [2.45, 2.75) is 19.8 Å². The highest BCUT2D eigenvalue weighted by Crippen LogP contribution is 2.32. The van der Waals surface area contributed by atoms with E-state index < -0.39 is 0 Å². The maximum Gasteiger partial charge on any atom is 0.266 e. The number of hydrogen-bond acceptors (Lipinski definition) is 6. The zero-order valence-corrected chi connectivity index (χ0v) is 19.4. The van der Waals surface area contributed by atoms with Crippen LogP contribution in [0.2, 0.25) is 0 Å². The Hall–Kier alpha value is -2.55. The normalized spacial score (nSPS) is 15.3. The van der Waals surface area contributed by atoms with Gasteiger partial charge >= 0.3 is 0 Å². The van der Waals surface area contributed by atoms with E-state index in [2.05, 4.69) is 10.3 Å². The van der Waals surface area contributed by atoms with Crippen LogP contribution in [0.4, 0.5) is 0 Å². The number of carbonyl (C=O) groups is 2. The molecule has 0 bridgehead atoms. The second kappa shape index (κ2) is 9.72. The minimum atomic E-state index is -0.141. The third-order valence-corrected chi connectivity index (χ3v) is 7.28. The minimum absolute atomic E-state index is 0.0994. The van der Waals surface area contributed by atoms with Crippen molar-refractivity contribution in [2.75, 3.05) is 13.1 Å². The Morgan fingerprint density at radius 1 is 1.19 bits per heavy atom. The van der Waals surface area contributed by atoms with E-state index >= 15 is 0 Å². The van der Waals surface area contributed by atoms with Gasteiger partial charge in [-0.25, -0.2) is 4.98 Å². The van der Waals surface area contributed by atoms with Crippen LogP contribution in [-0.2, 0) is 16.0 Å². The molecule has 1 N–H and O–H groups in total. The van der Waals surface area contributed by atoms with Crippen molar-refractivity contribution >= 4 is 67.7 Å². The van der Waals surface area contributed by atoms with Crippen LogP contribution in [-0.4, -0.2) is 39.1 Å². The molecule has 1 aromatic heterocycles. The van der Waals surface area contributed by atoms with E-state index in [1.54, 1.807) is 11.3 Å². The summed E-state index contributed by atoms with van der Waals surface area (Å²) in [5.41, 5.74) is 3.11. The van der Waals surface area contributed by atoms with E-state index in [9.17, 15) is 9.59 Å². The monoisotopic (exact) mass is 467 g/mol. The van der Waals surface area contributed by atoms with Gasteiger partial charge in [-0.05, 0) is 30.7 Å². The van der Waals surface area contributed by atoms with E-state index in [-0.39, 0.29) is 24.8 Å². The van der Waals surface area contributed by atoms with Crippen LogP contribution in [0.15, 0.2) is 53.4 Å². The molecule has 0 saturated carbocycles. The first-order chi connectivity index (χ1) is 15.0. The van der Waals surface area contributed by atoms with Gasteiger partial charge in [0.25, 0.3) is 5.91 Å². The third kappa shape index (κ3) is 5.39. The Morgan fingerprint density at radius 2 is 1.97 bits per heavy atom. The first-order valence-electron chi connectivity index (χ1n) is 9.93. The van der Waals surface area contributed by atoms with Crippen LogP contribution >= 0.6 is 35.3 Å². The summed E-state index contributed by atoms with van der Waals surface area (Å²) in [5, 5.41) is 3.91. The van der Waals surface area contributed by atoms with E-state index in [1.807, 2.05) is 61.5 Å². The summed E-state index contributed by atoms with van der Waals surface area (Å²) in [6.07, 6.45) is 2.74. The summed E-state index contributed by atoms with van der Waals surface area (Å²) >= 11 is 8.28. The topological polar surface area (TPSA) is 62.3 Å². The van der Waals surface area contributed by atoms with Gasteiger partial charge in [0.2, 0.25) is 5.91 Å². The molecule has 0 unspecified atom stereocenters. The quantitative estimate of drug-likeness (QED) is 0.408. The van der Waals surface area contributed by atoms with Crippen molar-refractivity contribution in [3.8, 4) is 0 Å². The summed E-state index contributed by atoms with van der Waals surface area (Å²) in [6, 6.07) is 16.0. The number of thiocarbonyl (C=S) groups is 1. The van der Waals surface area contributed by atoms with E-state index in [0.717, 1.165) is 20.8 Å². The van der Waals surface area contributed by atoms with Crippen molar-refractivity contribution in [3.63, 3.8) is 0 Å². The molecular weight excluding hydrogens is 446 g/mol. The first-order valence-corrected chi connectivity index (χ1v) is 12.0. The van der Waals surface area contributed by atoms with Crippen LogP contribution in [0.25, 0.3) is 16.3 Å². The van der Waals surface area contributed by atoms with Crippen molar-refractivity contribution < 1.29 is 9.59 Å². The molecule has 5 nitrogen and oxygen atoms in total. The molecule has 158 valence electrons. The van der Waals surface area contributed by atoms with Crippen LogP contribution in [0.3, 0.4) is 0 Å². The van der Waals surface area contributed by atoms with Gasteiger partial charge in [-0.15, -0.1) is 11.3 Å². The van der Waals surface area contributed by atoms with Gasteiger partial charge in [0.1, 0.15) is 4.32 Å². The number of thioether (sulfide) groups is 1. The van der Waals surface area contributed by atoms with E-state index in [1.165, 1.54) is 22.2 Å². The SMILES string of the molecule is Cc1ccc(/C=C2\SC(=S)N(CCC(=O)NCCc3nc4ccccc4s3)C2=O)cc1. The lowest BCUT2D eigenvalue weighted by atomic mass is 10.1. The summed E-state index contributed by atoms with van der Waals surface area (Å²) < 4.78 is 1.64. The lowest BCUT2D eigenvalue weighted by Crippen LogP contribution is -2.34. The molecule has 1 saturated heterocycles. The number of para-hydroxylation sites is 1. The number of nitrogens with one attached hydrogen (secondary N) is 1. The highest BCUT2D eigenvalue weighted by molar-refractivity contribution is 8.26. The van der Waals surface area contributed by atoms with Crippen LogP contribution in [0.5, 0.6) is 0 Å². The molecule has 0 atom stereocenters. The van der Waals surface area contributed by atoms with Gasteiger partial charge < -0.3 is 5.32 Å². The zero-order chi connectivity index (χ0) is 21.8. The molecule has 0 spiro atoms. The lowest BCUT2D eigenvalue weighted by Gasteiger charge is -2.14. The molecule has 0 radical (unpaired) electrons. The second-order valence-electron chi connectivity index (χ2n) is 7.17. The van der Waals surface area contributed by atoms with Gasteiger partial charge in [0, 0.05) is 25.9 Å². The Labute approximate surface area is 194 Å². The van der Waals surface area contributed by atoms with Gasteiger partial charge in [-0.3, -0.25) is 14.5 Å². The number of carbonyl (C=O) groups excluding carboxylic acids is 2. The summed E-state index contributed by atoms with van der Waals surface area (Å²) in [5.74, 6) is -0.240. The number of nitrogens with zero attached hydrogens (tertiary/aromatic N) is 2. The number of benzene rings is 2. The number of fused-ring (bicyclic) bond motifs is 1. The number of aromatic nitrogens is 1. The Morgan fingerprint density at radius 3 is 2.74 bits per heavy atom. The van der Waals surface area contributed by atoms with Gasteiger partial charge in [0.15, 0.2) is 0 Å². The molecule has 1 fully saturated rings. The van der Waals surface area contributed by atoms with Crippen molar-refractivity contribution in [2.24, 2.45) is 0 Å². The molecule has 2 aromatic carbocycles. The molecule has 8 heteroatoms. The van der Waals surface area contributed by atoms with Crippen LogP contribution in [0, 0.1) is 6.92 Å².